The molecule has 0 aromatic carbocycles. The molecule has 1 fully saturated rings. The predicted octanol–water partition coefficient (Wildman–Crippen LogP) is 2.36. The van der Waals surface area contributed by atoms with Crippen LogP contribution in [0.5, 0.6) is 0 Å². The first-order valence-electron chi connectivity index (χ1n) is 9.78. The fourth-order valence-corrected chi connectivity index (χ4v) is 4.09. The van der Waals surface area contributed by atoms with Crippen LogP contribution in [0.1, 0.15) is 48.1 Å². The number of aryl methyl sites for hydroxylation is 1. The number of hydrogen-bond acceptors (Lipinski definition) is 9. The van der Waals surface area contributed by atoms with Gasteiger partial charge in [0.2, 0.25) is 17.6 Å². The minimum atomic E-state index is -0.502. The van der Waals surface area contributed by atoms with E-state index in [2.05, 4.69) is 25.2 Å². The average Bonchev–Trinajstić information content (AvgIpc) is 3.54. The van der Waals surface area contributed by atoms with Crippen LogP contribution in [0.25, 0.3) is 10.7 Å². The summed E-state index contributed by atoms with van der Waals surface area (Å²) in [6, 6.07) is 4.01. The fraction of sp³-hybridized carbons (Fsp3) is 0.474. The highest BCUT2D eigenvalue weighted by atomic mass is 32.1. The quantitative estimate of drug-likeness (QED) is 0.525. The molecule has 4 rings (SSSR count). The smallest absolute Gasteiger partial charge is 0.360 e. The number of aromatic nitrogens is 5. The number of likely N-dealkylation sites (tertiary alicyclic amines) is 1. The zero-order chi connectivity index (χ0) is 20.9. The monoisotopic (exact) mass is 430 g/mol. The SMILES string of the molecule is COC(=O)c1cn(C2CCN(C(=O)CCCc3nc(-c4cccs4)no3)CC2)nn1. The van der Waals surface area contributed by atoms with Crippen molar-refractivity contribution < 1.29 is 18.8 Å². The highest BCUT2D eigenvalue weighted by Crippen LogP contribution is 2.23. The maximum absolute atomic E-state index is 12.5. The first-order valence-corrected chi connectivity index (χ1v) is 10.7. The molecule has 0 atom stereocenters. The molecule has 158 valence electrons. The molecule has 0 unspecified atom stereocenters. The first-order chi connectivity index (χ1) is 14.6. The molecule has 3 aromatic heterocycles. The highest BCUT2D eigenvalue weighted by molar-refractivity contribution is 7.13. The van der Waals surface area contributed by atoms with E-state index in [4.69, 9.17) is 4.52 Å². The van der Waals surface area contributed by atoms with Gasteiger partial charge in [0.05, 0.1) is 24.2 Å². The Bertz CT molecular complexity index is 991. The zero-order valence-corrected chi connectivity index (χ0v) is 17.4. The van der Waals surface area contributed by atoms with Crippen LogP contribution in [0.2, 0.25) is 0 Å². The summed E-state index contributed by atoms with van der Waals surface area (Å²) in [5, 5.41) is 13.8. The standard InChI is InChI=1S/C19H22N6O4S/c1-28-19(27)14-12-25(23-21-14)13-7-9-24(10-8-13)17(26)6-2-5-16-20-18(22-29-16)15-4-3-11-30-15/h3-4,11-13H,2,5-10H2,1H3. The van der Waals surface area contributed by atoms with Crippen LogP contribution in [0.4, 0.5) is 0 Å². The van der Waals surface area contributed by atoms with E-state index in [1.165, 1.54) is 7.11 Å². The predicted molar refractivity (Wildman–Crippen MR) is 107 cm³/mol. The van der Waals surface area contributed by atoms with E-state index in [1.54, 1.807) is 22.2 Å². The summed E-state index contributed by atoms with van der Waals surface area (Å²) in [5.74, 6) is 0.771. The summed E-state index contributed by atoms with van der Waals surface area (Å²) in [5.41, 5.74) is 0.194. The van der Waals surface area contributed by atoms with Crippen LogP contribution in [-0.2, 0) is 16.0 Å². The van der Waals surface area contributed by atoms with Crippen LogP contribution in [0, 0.1) is 0 Å². The van der Waals surface area contributed by atoms with Gasteiger partial charge in [-0.05, 0) is 30.7 Å². The van der Waals surface area contributed by atoms with Crippen molar-refractivity contribution in [3.63, 3.8) is 0 Å². The Hall–Kier alpha value is -3.08. The number of nitrogens with zero attached hydrogens (tertiary/aromatic N) is 6. The molecular formula is C19H22N6O4S. The summed E-state index contributed by atoms with van der Waals surface area (Å²) in [6.07, 6.45) is 4.82. The van der Waals surface area contributed by atoms with Crippen molar-refractivity contribution in [2.24, 2.45) is 0 Å². The first kappa shape index (κ1) is 20.2. The largest absolute Gasteiger partial charge is 0.464 e. The molecule has 1 saturated heterocycles. The van der Waals surface area contributed by atoms with E-state index in [9.17, 15) is 9.59 Å². The Balaban J connectivity index is 1.21. The molecule has 1 aliphatic rings. The molecule has 4 heterocycles. The Morgan fingerprint density at radius 1 is 1.33 bits per heavy atom. The maximum Gasteiger partial charge on any atom is 0.360 e. The number of carbonyl (C=O) groups excluding carboxylic acids is 2. The maximum atomic E-state index is 12.5. The molecule has 0 N–H and O–H groups in total. The van der Waals surface area contributed by atoms with Gasteiger partial charge in [-0.1, -0.05) is 16.4 Å². The topological polar surface area (TPSA) is 116 Å². The minimum absolute atomic E-state index is 0.119. The molecule has 1 aliphatic heterocycles. The van der Waals surface area contributed by atoms with Crippen molar-refractivity contribution in [2.75, 3.05) is 20.2 Å². The Morgan fingerprint density at radius 3 is 2.90 bits per heavy atom. The molecule has 0 aliphatic carbocycles. The lowest BCUT2D eigenvalue weighted by molar-refractivity contribution is -0.132. The summed E-state index contributed by atoms with van der Waals surface area (Å²) < 4.78 is 11.6. The Morgan fingerprint density at radius 2 is 2.17 bits per heavy atom. The van der Waals surface area contributed by atoms with Crippen molar-refractivity contribution in [3.05, 3.63) is 35.3 Å². The van der Waals surface area contributed by atoms with Crippen LogP contribution in [0.3, 0.4) is 0 Å². The second-order valence-corrected chi connectivity index (χ2v) is 7.98. The highest BCUT2D eigenvalue weighted by Gasteiger charge is 2.25. The number of esters is 1. The molecule has 0 bridgehead atoms. The van der Waals surface area contributed by atoms with Crippen molar-refractivity contribution in [1.29, 1.82) is 0 Å². The number of thiophene rings is 1. The molecule has 0 radical (unpaired) electrons. The lowest BCUT2D eigenvalue weighted by atomic mass is 10.0. The van der Waals surface area contributed by atoms with Gasteiger partial charge in [0.25, 0.3) is 0 Å². The van der Waals surface area contributed by atoms with Crippen LogP contribution >= 0.6 is 11.3 Å². The second kappa shape index (κ2) is 9.16. The van der Waals surface area contributed by atoms with Crippen molar-refractivity contribution in [3.8, 4) is 10.7 Å². The normalized spacial score (nSPS) is 14.8. The van der Waals surface area contributed by atoms with Crippen LogP contribution in [-0.4, -0.2) is 62.1 Å². The van der Waals surface area contributed by atoms with Gasteiger partial charge in [0, 0.05) is 25.9 Å². The molecular weight excluding hydrogens is 408 g/mol. The van der Waals surface area contributed by atoms with E-state index >= 15 is 0 Å². The Labute approximate surface area is 176 Å². The van der Waals surface area contributed by atoms with Gasteiger partial charge in [0.1, 0.15) is 0 Å². The lowest BCUT2D eigenvalue weighted by Crippen LogP contribution is -2.39. The van der Waals surface area contributed by atoms with Gasteiger partial charge >= 0.3 is 5.97 Å². The minimum Gasteiger partial charge on any atom is -0.464 e. The number of amides is 1. The van der Waals surface area contributed by atoms with Gasteiger partial charge in [0.15, 0.2) is 5.69 Å². The van der Waals surface area contributed by atoms with Crippen molar-refractivity contribution >= 4 is 23.2 Å². The van der Waals surface area contributed by atoms with Gasteiger partial charge in [-0.15, -0.1) is 16.4 Å². The molecule has 0 spiro atoms. The number of hydrogen-bond donors (Lipinski definition) is 0. The number of ether oxygens (including phenoxy) is 1. The fourth-order valence-electron chi connectivity index (χ4n) is 3.44. The van der Waals surface area contributed by atoms with Crippen LogP contribution < -0.4 is 0 Å². The Kier molecular flexibility index (Phi) is 6.17. The molecule has 3 aromatic rings. The third kappa shape index (κ3) is 4.56. The summed E-state index contributed by atoms with van der Waals surface area (Å²) in [4.78, 5) is 31.3. The molecule has 0 saturated carbocycles. The third-order valence-corrected chi connectivity index (χ3v) is 5.95. The number of piperidine rings is 1. The van der Waals surface area contributed by atoms with E-state index in [1.807, 2.05) is 22.4 Å². The zero-order valence-electron chi connectivity index (χ0n) is 16.6. The van der Waals surface area contributed by atoms with Crippen LogP contribution in [0.15, 0.2) is 28.2 Å². The number of carbonyl (C=O) groups is 2. The number of rotatable bonds is 7. The van der Waals surface area contributed by atoms with E-state index in [0.717, 1.165) is 17.7 Å². The summed E-state index contributed by atoms with van der Waals surface area (Å²) in [6.45, 7) is 1.31. The van der Waals surface area contributed by atoms with Gasteiger partial charge in [-0.3, -0.25) is 4.79 Å². The van der Waals surface area contributed by atoms with Gasteiger partial charge < -0.3 is 14.2 Å². The van der Waals surface area contributed by atoms with E-state index in [-0.39, 0.29) is 17.6 Å². The third-order valence-electron chi connectivity index (χ3n) is 5.09. The molecule has 11 heteroatoms. The van der Waals surface area contributed by atoms with Crippen molar-refractivity contribution in [2.45, 2.75) is 38.1 Å². The number of methoxy groups -OCH3 is 1. The summed E-state index contributed by atoms with van der Waals surface area (Å²) in [7, 11) is 1.31. The molecule has 10 nitrogen and oxygen atoms in total. The second-order valence-electron chi connectivity index (χ2n) is 7.03. The van der Waals surface area contributed by atoms with E-state index < -0.39 is 5.97 Å². The molecule has 1 amide bonds. The van der Waals surface area contributed by atoms with Gasteiger partial charge in [-0.25, -0.2) is 9.48 Å². The summed E-state index contributed by atoms with van der Waals surface area (Å²) >= 11 is 1.56. The van der Waals surface area contributed by atoms with Crippen molar-refractivity contribution in [1.82, 2.24) is 30.0 Å². The van der Waals surface area contributed by atoms with Gasteiger partial charge in [-0.2, -0.15) is 4.98 Å². The molecule has 30 heavy (non-hydrogen) atoms. The lowest BCUT2D eigenvalue weighted by Gasteiger charge is -2.31. The average molecular weight is 430 g/mol. The van der Waals surface area contributed by atoms with E-state index in [0.29, 0.717) is 44.1 Å².